The number of hydrogen-bond acceptors (Lipinski definition) is 3. The monoisotopic (exact) mass is 661 g/mol. The second kappa shape index (κ2) is 12.4. The van der Waals surface area contributed by atoms with Crippen LogP contribution in [-0.4, -0.2) is 15.0 Å². The summed E-state index contributed by atoms with van der Waals surface area (Å²) in [5.74, 6) is 0. The molecular weight excluding hydrogens is 631 g/mol. The Labute approximate surface area is 302 Å². The Morgan fingerprint density at radius 3 is 1.48 bits per heavy atom. The molecule has 1 aliphatic rings. The van der Waals surface area contributed by atoms with Gasteiger partial charge in [-0.25, -0.2) is 4.98 Å². The van der Waals surface area contributed by atoms with Gasteiger partial charge in [0.1, 0.15) is 0 Å². The molecule has 242 valence electrons. The van der Waals surface area contributed by atoms with Crippen LogP contribution < -0.4 is 0 Å². The maximum Gasteiger partial charge on any atom is 0.0900 e. The van der Waals surface area contributed by atoms with Crippen LogP contribution in [-0.2, 0) is 0 Å². The lowest BCUT2D eigenvalue weighted by Gasteiger charge is -2.11. The van der Waals surface area contributed by atoms with Gasteiger partial charge in [-0.15, -0.1) is 0 Å². The summed E-state index contributed by atoms with van der Waals surface area (Å²) in [5, 5.41) is 2.66. The van der Waals surface area contributed by atoms with E-state index in [-0.39, 0.29) is 0 Å². The molecular formula is C49H31N3. The molecule has 3 aromatic heterocycles. The Kier molecular flexibility index (Phi) is 7.14. The summed E-state index contributed by atoms with van der Waals surface area (Å²) in [6.07, 6.45) is 3.74. The first kappa shape index (κ1) is 29.9. The molecule has 0 saturated carbocycles. The number of aromatic nitrogens is 3. The maximum atomic E-state index is 4.98. The molecule has 0 N–H and O–H groups in total. The zero-order chi connectivity index (χ0) is 34.4. The smallest absolute Gasteiger partial charge is 0.0900 e. The zero-order valence-electron chi connectivity index (χ0n) is 28.2. The van der Waals surface area contributed by atoms with Crippen LogP contribution in [0.1, 0.15) is 0 Å². The Bertz CT molecular complexity index is 2650. The molecule has 0 saturated heterocycles. The number of pyridine rings is 3. The first-order chi connectivity index (χ1) is 25.8. The third-order valence-electron chi connectivity index (χ3n) is 10.2. The van der Waals surface area contributed by atoms with Crippen LogP contribution in [0.25, 0.3) is 100 Å². The number of fused-ring (bicyclic) bond motifs is 3. The summed E-state index contributed by atoms with van der Waals surface area (Å²) in [7, 11) is 0. The van der Waals surface area contributed by atoms with E-state index in [0.717, 1.165) is 45.0 Å². The Morgan fingerprint density at radius 1 is 0.288 bits per heavy atom. The van der Waals surface area contributed by atoms with Gasteiger partial charge in [-0.05, 0) is 102 Å². The highest BCUT2D eigenvalue weighted by Gasteiger charge is 2.22. The molecule has 9 aromatic rings. The number of hydrogen-bond donors (Lipinski definition) is 0. The van der Waals surface area contributed by atoms with E-state index in [9.17, 15) is 0 Å². The van der Waals surface area contributed by atoms with Gasteiger partial charge in [-0.3, -0.25) is 9.97 Å². The summed E-state index contributed by atoms with van der Waals surface area (Å²) in [6, 6.07) is 62.3. The first-order valence-electron chi connectivity index (χ1n) is 17.6. The van der Waals surface area contributed by atoms with E-state index < -0.39 is 0 Å². The van der Waals surface area contributed by atoms with Crippen molar-refractivity contribution in [2.45, 2.75) is 0 Å². The molecule has 0 atom stereocenters. The minimum atomic E-state index is 0.814. The lowest BCUT2D eigenvalue weighted by atomic mass is 9.93. The molecule has 0 aliphatic heterocycles. The van der Waals surface area contributed by atoms with Crippen molar-refractivity contribution in [1.82, 2.24) is 15.0 Å². The van der Waals surface area contributed by atoms with Gasteiger partial charge in [0.25, 0.3) is 0 Å². The van der Waals surface area contributed by atoms with Gasteiger partial charge < -0.3 is 0 Å². The van der Waals surface area contributed by atoms with E-state index in [2.05, 4.69) is 157 Å². The molecule has 0 amide bonds. The second-order valence-electron chi connectivity index (χ2n) is 13.2. The largest absolute Gasteiger partial charge is 0.255 e. The van der Waals surface area contributed by atoms with Crippen molar-refractivity contribution in [1.29, 1.82) is 0 Å². The van der Waals surface area contributed by atoms with Gasteiger partial charge >= 0.3 is 0 Å². The van der Waals surface area contributed by atoms with Gasteiger partial charge in [0, 0.05) is 18.0 Å². The van der Waals surface area contributed by atoms with Crippen LogP contribution in [0.2, 0.25) is 0 Å². The zero-order valence-corrected chi connectivity index (χ0v) is 28.2. The number of nitrogens with zero attached hydrogens (tertiary/aromatic N) is 3. The fraction of sp³-hybridized carbons (Fsp3) is 0. The molecule has 1 aliphatic carbocycles. The van der Waals surface area contributed by atoms with E-state index in [1.54, 1.807) is 6.20 Å². The SMILES string of the molecule is c1ccc(-c2cc(-c3ccccn3)nc(-c3ccc(-c4ccc(-c5ccc(-c6ccc7c8c(cccc68)-c6ccccc6-7)cc5)cc4)cn3)c2)cc1. The lowest BCUT2D eigenvalue weighted by Crippen LogP contribution is -1.94. The second-order valence-corrected chi connectivity index (χ2v) is 13.2. The van der Waals surface area contributed by atoms with Crippen molar-refractivity contribution < 1.29 is 0 Å². The quantitative estimate of drug-likeness (QED) is 0.178. The maximum absolute atomic E-state index is 4.98. The topological polar surface area (TPSA) is 38.7 Å². The van der Waals surface area contributed by atoms with Gasteiger partial charge in [0.2, 0.25) is 0 Å². The van der Waals surface area contributed by atoms with Crippen molar-refractivity contribution in [2.75, 3.05) is 0 Å². The molecule has 52 heavy (non-hydrogen) atoms. The Hall–Kier alpha value is -6.97. The average Bonchev–Trinajstić information content (AvgIpc) is 3.56. The van der Waals surface area contributed by atoms with Crippen LogP contribution in [0.4, 0.5) is 0 Å². The molecule has 0 radical (unpaired) electrons. The molecule has 6 aromatic carbocycles. The summed E-state index contributed by atoms with van der Waals surface area (Å²) in [6.45, 7) is 0. The van der Waals surface area contributed by atoms with E-state index in [1.807, 2.05) is 30.5 Å². The summed E-state index contributed by atoms with van der Waals surface area (Å²) < 4.78 is 0. The standard InChI is InChI=1S/C49H31N3/c1-2-9-32(10-3-1)38-29-47(45-15-6-7-28-50-45)52-48(30-38)46-27-24-37(31-51-46)35-18-16-33(17-19-35)34-20-22-36(23-21-34)39-25-26-44-41-12-5-4-11-40(41)43-14-8-13-42(39)49(43)44/h1-31H. The third-order valence-corrected chi connectivity index (χ3v) is 10.2. The van der Waals surface area contributed by atoms with E-state index >= 15 is 0 Å². The molecule has 3 heterocycles. The fourth-order valence-corrected chi connectivity index (χ4v) is 7.58. The van der Waals surface area contributed by atoms with Crippen molar-refractivity contribution in [3.05, 3.63) is 188 Å². The molecule has 0 spiro atoms. The minimum Gasteiger partial charge on any atom is -0.255 e. The number of benzene rings is 6. The first-order valence-corrected chi connectivity index (χ1v) is 17.6. The van der Waals surface area contributed by atoms with Crippen LogP contribution in [0.3, 0.4) is 0 Å². The van der Waals surface area contributed by atoms with E-state index in [4.69, 9.17) is 9.97 Å². The molecule has 3 nitrogen and oxygen atoms in total. The van der Waals surface area contributed by atoms with Gasteiger partial charge in [0.05, 0.1) is 22.8 Å². The average molecular weight is 662 g/mol. The Morgan fingerprint density at radius 2 is 0.827 bits per heavy atom. The predicted octanol–water partition coefficient (Wildman–Crippen LogP) is 12.7. The molecule has 0 fully saturated rings. The third kappa shape index (κ3) is 5.19. The molecule has 3 heteroatoms. The fourth-order valence-electron chi connectivity index (χ4n) is 7.58. The lowest BCUT2D eigenvalue weighted by molar-refractivity contribution is 1.22. The summed E-state index contributed by atoms with van der Waals surface area (Å²) in [5.41, 5.74) is 17.8. The highest BCUT2D eigenvalue weighted by molar-refractivity contribution is 6.18. The van der Waals surface area contributed by atoms with Crippen LogP contribution in [0.15, 0.2) is 188 Å². The van der Waals surface area contributed by atoms with Crippen LogP contribution >= 0.6 is 0 Å². The van der Waals surface area contributed by atoms with Gasteiger partial charge in [-0.1, -0.05) is 146 Å². The molecule has 10 rings (SSSR count). The van der Waals surface area contributed by atoms with Crippen LogP contribution in [0, 0.1) is 0 Å². The molecule has 0 bridgehead atoms. The molecule has 0 unspecified atom stereocenters. The summed E-state index contributed by atoms with van der Waals surface area (Å²) in [4.78, 5) is 14.4. The highest BCUT2D eigenvalue weighted by atomic mass is 14.8. The minimum absolute atomic E-state index is 0.814. The normalized spacial score (nSPS) is 11.5. The van der Waals surface area contributed by atoms with Crippen LogP contribution in [0.5, 0.6) is 0 Å². The van der Waals surface area contributed by atoms with Crippen molar-refractivity contribution in [3.63, 3.8) is 0 Å². The van der Waals surface area contributed by atoms with E-state index in [0.29, 0.717) is 0 Å². The van der Waals surface area contributed by atoms with Crippen molar-refractivity contribution in [2.24, 2.45) is 0 Å². The van der Waals surface area contributed by atoms with Crippen molar-refractivity contribution >= 4 is 10.8 Å². The van der Waals surface area contributed by atoms with Gasteiger partial charge in [-0.2, -0.15) is 0 Å². The number of rotatable bonds is 6. The van der Waals surface area contributed by atoms with Crippen molar-refractivity contribution in [3.8, 4) is 89.5 Å². The Balaban J connectivity index is 0.914. The summed E-state index contributed by atoms with van der Waals surface area (Å²) >= 11 is 0. The highest BCUT2D eigenvalue weighted by Crippen LogP contribution is 2.49. The van der Waals surface area contributed by atoms with Gasteiger partial charge in [0.15, 0.2) is 0 Å². The predicted molar refractivity (Wildman–Crippen MR) is 214 cm³/mol. The van der Waals surface area contributed by atoms with E-state index in [1.165, 1.54) is 55.3 Å².